The van der Waals surface area contributed by atoms with Crippen LogP contribution in [0.1, 0.15) is 11.6 Å². The highest BCUT2D eigenvalue weighted by atomic mass is 35.6. The zero-order valence-electron chi connectivity index (χ0n) is 11.2. The zero-order valence-corrected chi connectivity index (χ0v) is 16.6. The first-order chi connectivity index (χ1) is 11.1. The SMILES string of the molecule is NOOSc1ccc(-c2nc(C(Cl)(Cl)Cl)nc(C(Cl)(Cl)Cl)n2)cc1. The van der Waals surface area contributed by atoms with Gasteiger partial charge >= 0.3 is 0 Å². The van der Waals surface area contributed by atoms with Crippen LogP contribution in [0.3, 0.4) is 0 Å². The van der Waals surface area contributed by atoms with Crippen LogP contribution in [0.15, 0.2) is 29.2 Å². The van der Waals surface area contributed by atoms with Gasteiger partial charge in [0.15, 0.2) is 17.5 Å². The first kappa shape index (κ1) is 20.5. The molecule has 1 aromatic heterocycles. The highest BCUT2D eigenvalue weighted by molar-refractivity contribution is 7.94. The van der Waals surface area contributed by atoms with Crippen LogP contribution in [0.5, 0.6) is 0 Å². The van der Waals surface area contributed by atoms with Gasteiger partial charge < -0.3 is 0 Å². The Morgan fingerprint density at radius 1 is 0.833 bits per heavy atom. The molecule has 0 unspecified atom stereocenters. The molecule has 24 heavy (non-hydrogen) atoms. The third-order valence-electron chi connectivity index (χ3n) is 2.42. The summed E-state index contributed by atoms with van der Waals surface area (Å²) in [4.78, 5) is 16.8. The molecule has 0 radical (unpaired) electrons. The van der Waals surface area contributed by atoms with Crippen molar-refractivity contribution in [2.45, 2.75) is 12.5 Å². The molecule has 0 saturated heterocycles. The number of nitrogens with two attached hydrogens (primary N) is 1. The molecule has 0 atom stereocenters. The van der Waals surface area contributed by atoms with Gasteiger partial charge in [0, 0.05) is 10.5 Å². The van der Waals surface area contributed by atoms with Crippen molar-refractivity contribution in [1.29, 1.82) is 0 Å². The average molecular weight is 471 g/mol. The molecule has 0 saturated carbocycles. The number of rotatable bonds is 4. The van der Waals surface area contributed by atoms with Crippen LogP contribution in [-0.4, -0.2) is 15.0 Å². The van der Waals surface area contributed by atoms with Crippen LogP contribution in [0.25, 0.3) is 11.4 Å². The zero-order chi connectivity index (χ0) is 18.0. The number of hydrogen-bond donors (Lipinski definition) is 1. The van der Waals surface area contributed by atoms with E-state index in [1.54, 1.807) is 24.3 Å². The molecule has 13 heteroatoms. The van der Waals surface area contributed by atoms with Crippen molar-refractivity contribution < 1.29 is 9.32 Å². The van der Waals surface area contributed by atoms with Gasteiger partial charge in [-0.3, -0.25) is 0 Å². The third kappa shape index (κ3) is 5.60. The molecule has 0 bridgehead atoms. The summed E-state index contributed by atoms with van der Waals surface area (Å²) in [5.74, 6) is 4.60. The predicted molar refractivity (Wildman–Crippen MR) is 96.0 cm³/mol. The van der Waals surface area contributed by atoms with Crippen molar-refractivity contribution >= 4 is 81.6 Å². The van der Waals surface area contributed by atoms with E-state index in [4.69, 9.17) is 75.5 Å². The molecule has 0 aliphatic carbocycles. The second kappa shape index (κ2) is 8.26. The highest BCUT2D eigenvalue weighted by Crippen LogP contribution is 2.40. The summed E-state index contributed by atoms with van der Waals surface area (Å²) in [6, 6.07) is 6.77. The molecular weight excluding hydrogens is 465 g/mol. The second-order valence-corrected chi connectivity index (χ2v) is 9.41. The molecule has 1 aromatic carbocycles. The largest absolute Gasteiger partial charge is 0.250 e. The molecule has 0 fully saturated rings. The van der Waals surface area contributed by atoms with E-state index in [0.29, 0.717) is 10.5 Å². The predicted octanol–water partition coefficient (Wildman–Crippen LogP) is 5.02. The standard InChI is InChI=1S/C11H6Cl6N4O2S/c12-10(13,14)8-19-7(20-9(21-8)11(15,16)17)5-1-3-6(4-2-5)24-23-22-18/h1-4H,18H2. The number of alkyl halides is 6. The fourth-order valence-corrected chi connectivity index (χ4v) is 2.35. The number of hydrogen-bond acceptors (Lipinski definition) is 7. The molecule has 2 N–H and O–H groups in total. The average Bonchev–Trinajstić information content (AvgIpc) is 2.51. The molecule has 2 aromatic rings. The summed E-state index contributed by atoms with van der Waals surface area (Å²) < 4.78 is 0.717. The monoisotopic (exact) mass is 468 g/mol. The molecule has 0 aliphatic heterocycles. The lowest BCUT2D eigenvalue weighted by Crippen LogP contribution is -2.16. The minimum Gasteiger partial charge on any atom is -0.209 e. The Balaban J connectivity index is 2.45. The fraction of sp³-hybridized carbons (Fsp3) is 0.182. The maximum absolute atomic E-state index is 5.83. The molecule has 1 heterocycles. The maximum Gasteiger partial charge on any atom is 0.250 e. The van der Waals surface area contributed by atoms with Crippen molar-refractivity contribution in [3.8, 4) is 11.4 Å². The van der Waals surface area contributed by atoms with Gasteiger partial charge in [0.1, 0.15) is 0 Å². The highest BCUT2D eigenvalue weighted by Gasteiger charge is 2.33. The molecular formula is C11H6Cl6N4O2S. The van der Waals surface area contributed by atoms with Crippen molar-refractivity contribution in [2.24, 2.45) is 5.90 Å². The van der Waals surface area contributed by atoms with Gasteiger partial charge in [-0.05, 0) is 24.3 Å². The summed E-state index contributed by atoms with van der Waals surface area (Å²) in [5.41, 5.74) is 0.571. The minimum absolute atomic E-state index is 0.167. The Bertz CT molecular complexity index is 675. The Labute approximate surface area is 170 Å². The lowest BCUT2D eigenvalue weighted by Gasteiger charge is -2.15. The van der Waals surface area contributed by atoms with Gasteiger partial charge in [-0.1, -0.05) is 69.6 Å². The van der Waals surface area contributed by atoms with E-state index >= 15 is 0 Å². The van der Waals surface area contributed by atoms with Gasteiger partial charge in [-0.15, -0.1) is 9.32 Å². The molecule has 6 nitrogen and oxygen atoms in total. The fourth-order valence-electron chi connectivity index (χ4n) is 1.48. The van der Waals surface area contributed by atoms with E-state index in [-0.39, 0.29) is 17.5 Å². The lowest BCUT2D eigenvalue weighted by molar-refractivity contribution is -0.195. The summed E-state index contributed by atoms with van der Waals surface area (Å²) >= 11 is 35.9. The van der Waals surface area contributed by atoms with Crippen LogP contribution in [0, 0.1) is 0 Å². The number of nitrogens with zero attached hydrogens (tertiary/aromatic N) is 3. The van der Waals surface area contributed by atoms with Crippen LogP contribution in [0.4, 0.5) is 0 Å². The van der Waals surface area contributed by atoms with Gasteiger partial charge in [0.25, 0.3) is 0 Å². The summed E-state index contributed by atoms with van der Waals surface area (Å²) in [7, 11) is 0. The first-order valence-corrected chi connectivity index (χ1v) is 8.83. The van der Waals surface area contributed by atoms with Crippen molar-refractivity contribution in [3.63, 3.8) is 0 Å². The van der Waals surface area contributed by atoms with Crippen molar-refractivity contribution in [3.05, 3.63) is 35.9 Å². The summed E-state index contributed by atoms with van der Waals surface area (Å²) in [6.07, 6.45) is 0. The minimum atomic E-state index is -1.91. The van der Waals surface area contributed by atoms with Gasteiger partial charge in [-0.2, -0.15) is 5.90 Å². The lowest BCUT2D eigenvalue weighted by atomic mass is 10.2. The van der Waals surface area contributed by atoms with Crippen LogP contribution in [0.2, 0.25) is 0 Å². The summed E-state index contributed by atoms with van der Waals surface area (Å²) in [6.45, 7) is 0. The molecule has 0 spiro atoms. The Hall–Kier alpha value is 0.200. The second-order valence-electron chi connectivity index (χ2n) is 4.07. The van der Waals surface area contributed by atoms with Crippen LogP contribution in [-0.2, 0) is 16.9 Å². The normalized spacial score (nSPS) is 12.5. The van der Waals surface area contributed by atoms with Crippen molar-refractivity contribution in [2.75, 3.05) is 0 Å². The number of halogens is 6. The first-order valence-electron chi connectivity index (χ1n) is 5.82. The summed E-state index contributed by atoms with van der Waals surface area (Å²) in [5, 5.41) is 0. The molecule has 2 rings (SSSR count). The van der Waals surface area contributed by atoms with E-state index in [1.807, 2.05) is 0 Å². The van der Waals surface area contributed by atoms with E-state index in [2.05, 4.69) is 24.3 Å². The van der Waals surface area contributed by atoms with E-state index in [9.17, 15) is 0 Å². The Kier molecular flexibility index (Phi) is 7.06. The third-order valence-corrected chi connectivity index (χ3v) is 4.05. The smallest absolute Gasteiger partial charge is 0.209 e. The van der Waals surface area contributed by atoms with E-state index in [1.165, 1.54) is 0 Å². The van der Waals surface area contributed by atoms with E-state index in [0.717, 1.165) is 12.0 Å². The van der Waals surface area contributed by atoms with Gasteiger partial charge in [0.05, 0.1) is 12.0 Å². The molecule has 130 valence electrons. The van der Waals surface area contributed by atoms with Crippen molar-refractivity contribution in [1.82, 2.24) is 15.0 Å². The van der Waals surface area contributed by atoms with Gasteiger partial charge in [0.2, 0.25) is 7.59 Å². The molecule has 0 aliphatic rings. The number of aromatic nitrogens is 3. The topological polar surface area (TPSA) is 83.2 Å². The van der Waals surface area contributed by atoms with E-state index < -0.39 is 7.59 Å². The Morgan fingerprint density at radius 2 is 1.33 bits per heavy atom. The quantitative estimate of drug-likeness (QED) is 0.290. The van der Waals surface area contributed by atoms with Crippen LogP contribution >= 0.6 is 81.6 Å². The maximum atomic E-state index is 5.83. The Morgan fingerprint density at radius 3 is 1.75 bits per heavy atom. The van der Waals surface area contributed by atoms with Gasteiger partial charge in [-0.25, -0.2) is 15.0 Å². The number of benzene rings is 1. The van der Waals surface area contributed by atoms with Crippen LogP contribution < -0.4 is 5.90 Å². The molecule has 0 amide bonds.